The normalized spacial score (nSPS) is 45.1. The highest BCUT2D eigenvalue weighted by Crippen LogP contribution is 2.66. The molecule has 4 aliphatic rings. The summed E-state index contributed by atoms with van der Waals surface area (Å²) in [6.07, 6.45) is 16.0. The molecule has 3 aliphatic carbocycles. The van der Waals surface area contributed by atoms with E-state index in [0.717, 1.165) is 36.9 Å². The van der Waals surface area contributed by atoms with E-state index in [1.807, 2.05) is 6.20 Å². The van der Waals surface area contributed by atoms with E-state index in [1.165, 1.54) is 50.5 Å². The molecule has 6 atom stereocenters. The Morgan fingerprint density at radius 1 is 1.12 bits per heavy atom. The van der Waals surface area contributed by atoms with Crippen LogP contribution in [0.25, 0.3) is 5.57 Å². The number of aromatic nitrogens is 1. The van der Waals surface area contributed by atoms with E-state index in [-0.39, 0.29) is 0 Å². The van der Waals surface area contributed by atoms with Gasteiger partial charge in [-0.3, -0.25) is 4.98 Å². The summed E-state index contributed by atoms with van der Waals surface area (Å²) in [5.41, 5.74) is 3.82. The molecule has 0 spiro atoms. The summed E-state index contributed by atoms with van der Waals surface area (Å²) in [4.78, 5) is 4.40. The number of fused-ring (bicyclic) bond motifs is 5. The predicted octanol–water partition coefficient (Wildman–Crippen LogP) is 5.74. The maximum absolute atomic E-state index is 5.97. The van der Waals surface area contributed by atoms with Crippen molar-refractivity contribution >= 4 is 5.57 Å². The number of ether oxygens (including phenoxy) is 1. The average Bonchev–Trinajstić information content (AvgIpc) is 2.88. The second kappa shape index (κ2) is 6.19. The number of rotatable bonds is 1. The summed E-state index contributed by atoms with van der Waals surface area (Å²) in [5.74, 6) is 3.43. The van der Waals surface area contributed by atoms with Crippen molar-refractivity contribution < 1.29 is 4.74 Å². The fraction of sp³-hybridized carbons (Fsp3) is 0.708. The van der Waals surface area contributed by atoms with Crippen LogP contribution in [0.4, 0.5) is 0 Å². The Bertz CT molecular complexity index is 697. The first-order valence-corrected chi connectivity index (χ1v) is 10.8. The number of nitrogens with zero attached hydrogens (tertiary/aromatic N) is 1. The maximum atomic E-state index is 5.97. The van der Waals surface area contributed by atoms with Crippen LogP contribution in [0.1, 0.15) is 64.4 Å². The van der Waals surface area contributed by atoms with Crippen molar-refractivity contribution in [3.63, 3.8) is 0 Å². The van der Waals surface area contributed by atoms with Gasteiger partial charge >= 0.3 is 0 Å². The lowest BCUT2D eigenvalue weighted by Crippen LogP contribution is -2.51. The van der Waals surface area contributed by atoms with Gasteiger partial charge in [0.15, 0.2) is 0 Å². The van der Waals surface area contributed by atoms with Crippen LogP contribution in [0, 0.1) is 34.5 Å². The lowest BCUT2D eigenvalue weighted by molar-refractivity contribution is -0.0884. The van der Waals surface area contributed by atoms with Crippen molar-refractivity contribution in [3.05, 3.63) is 36.2 Å². The van der Waals surface area contributed by atoms with Crippen LogP contribution in [-0.4, -0.2) is 18.2 Å². The topological polar surface area (TPSA) is 22.1 Å². The molecule has 1 aromatic rings. The molecule has 1 aliphatic heterocycles. The predicted molar refractivity (Wildman–Crippen MR) is 106 cm³/mol. The molecular formula is C24H33NO. The zero-order valence-corrected chi connectivity index (χ0v) is 16.4. The fourth-order valence-corrected chi connectivity index (χ4v) is 7.52. The van der Waals surface area contributed by atoms with Crippen molar-refractivity contribution in [1.29, 1.82) is 0 Å². The number of hydrogen-bond donors (Lipinski definition) is 0. The molecule has 26 heavy (non-hydrogen) atoms. The molecule has 2 nitrogen and oxygen atoms in total. The second-order valence-electron chi connectivity index (χ2n) is 9.89. The van der Waals surface area contributed by atoms with Crippen LogP contribution in [0.15, 0.2) is 30.6 Å². The van der Waals surface area contributed by atoms with Gasteiger partial charge in [-0.05, 0) is 96.7 Å². The van der Waals surface area contributed by atoms with Gasteiger partial charge in [0, 0.05) is 25.6 Å². The van der Waals surface area contributed by atoms with E-state index in [4.69, 9.17) is 4.74 Å². The third-order valence-electron chi connectivity index (χ3n) is 8.94. The summed E-state index contributed by atoms with van der Waals surface area (Å²) < 4.78 is 5.97. The summed E-state index contributed by atoms with van der Waals surface area (Å²) in [5, 5.41) is 0. The van der Waals surface area contributed by atoms with Crippen molar-refractivity contribution in [2.45, 2.75) is 58.8 Å². The van der Waals surface area contributed by atoms with Crippen molar-refractivity contribution in [3.8, 4) is 0 Å². The average molecular weight is 352 g/mol. The third-order valence-corrected chi connectivity index (χ3v) is 8.94. The van der Waals surface area contributed by atoms with E-state index < -0.39 is 0 Å². The van der Waals surface area contributed by atoms with Gasteiger partial charge in [-0.1, -0.05) is 26.0 Å². The largest absolute Gasteiger partial charge is 0.381 e. The number of pyridine rings is 1. The van der Waals surface area contributed by atoms with E-state index in [2.05, 4.69) is 43.2 Å². The summed E-state index contributed by atoms with van der Waals surface area (Å²) in [6.45, 7) is 7.18. The monoisotopic (exact) mass is 351 g/mol. The highest BCUT2D eigenvalue weighted by Gasteiger charge is 2.57. The lowest BCUT2D eigenvalue weighted by atomic mass is 9.46. The van der Waals surface area contributed by atoms with Gasteiger partial charge in [-0.15, -0.1) is 0 Å². The van der Waals surface area contributed by atoms with E-state index >= 15 is 0 Å². The highest BCUT2D eigenvalue weighted by molar-refractivity contribution is 5.72. The van der Waals surface area contributed by atoms with Crippen LogP contribution in [0.2, 0.25) is 0 Å². The van der Waals surface area contributed by atoms with E-state index in [0.29, 0.717) is 10.8 Å². The molecule has 2 heterocycles. The van der Waals surface area contributed by atoms with Gasteiger partial charge in [-0.25, -0.2) is 0 Å². The zero-order valence-electron chi connectivity index (χ0n) is 16.4. The lowest BCUT2D eigenvalue weighted by Gasteiger charge is -2.58. The van der Waals surface area contributed by atoms with Crippen LogP contribution in [0.3, 0.4) is 0 Å². The summed E-state index contributed by atoms with van der Waals surface area (Å²) >= 11 is 0. The van der Waals surface area contributed by atoms with E-state index in [9.17, 15) is 0 Å². The molecule has 140 valence electrons. The first kappa shape index (κ1) is 17.0. The van der Waals surface area contributed by atoms with E-state index in [1.54, 1.807) is 5.57 Å². The first-order chi connectivity index (χ1) is 12.6. The molecule has 0 N–H and O–H groups in total. The van der Waals surface area contributed by atoms with Gasteiger partial charge in [0.2, 0.25) is 0 Å². The third kappa shape index (κ3) is 2.37. The Kier molecular flexibility index (Phi) is 4.04. The second-order valence-corrected chi connectivity index (χ2v) is 9.89. The molecule has 0 amide bonds. The smallest absolute Gasteiger partial charge is 0.0499 e. The molecule has 0 radical (unpaired) electrons. The molecule has 1 aromatic heterocycles. The van der Waals surface area contributed by atoms with Gasteiger partial charge in [-0.2, -0.15) is 0 Å². The van der Waals surface area contributed by atoms with Crippen molar-refractivity contribution in [2.75, 3.05) is 13.2 Å². The Morgan fingerprint density at radius 3 is 2.88 bits per heavy atom. The standard InChI is InChI=1S/C24H33NO/c1-23-11-4-14-26-16-18(23)6-7-19-21-9-8-20(17-5-3-13-25-15-17)24(21,2)12-10-22(19)23/h3,5,8,13,15,18-19,21-22H,4,6-7,9-12,14,16H2,1-2H3. The van der Waals surface area contributed by atoms with Crippen LogP contribution < -0.4 is 0 Å². The molecule has 1 saturated heterocycles. The number of hydrogen-bond acceptors (Lipinski definition) is 2. The molecule has 0 aromatic carbocycles. The first-order valence-electron chi connectivity index (χ1n) is 10.8. The van der Waals surface area contributed by atoms with Crippen LogP contribution in [-0.2, 0) is 4.74 Å². The summed E-state index contributed by atoms with van der Waals surface area (Å²) in [7, 11) is 0. The Hall–Kier alpha value is -1.15. The van der Waals surface area contributed by atoms with Crippen molar-refractivity contribution in [1.82, 2.24) is 4.98 Å². The molecule has 0 bridgehead atoms. The highest BCUT2D eigenvalue weighted by atomic mass is 16.5. The Labute approximate surface area is 158 Å². The molecule has 3 fully saturated rings. The zero-order chi connectivity index (χ0) is 17.8. The quantitative estimate of drug-likeness (QED) is 0.643. The fourth-order valence-electron chi connectivity index (χ4n) is 7.52. The van der Waals surface area contributed by atoms with Gasteiger partial charge < -0.3 is 4.74 Å². The van der Waals surface area contributed by atoms with Gasteiger partial charge in [0.05, 0.1) is 0 Å². The Balaban J connectivity index is 1.45. The van der Waals surface area contributed by atoms with Crippen LogP contribution >= 0.6 is 0 Å². The van der Waals surface area contributed by atoms with Crippen molar-refractivity contribution in [2.24, 2.45) is 34.5 Å². The number of allylic oxidation sites excluding steroid dienone is 2. The molecule has 5 rings (SSSR count). The molecule has 2 heteroatoms. The minimum Gasteiger partial charge on any atom is -0.381 e. The summed E-state index contributed by atoms with van der Waals surface area (Å²) in [6, 6.07) is 4.36. The van der Waals surface area contributed by atoms with Gasteiger partial charge in [0.25, 0.3) is 0 Å². The minimum atomic E-state index is 0.356. The molecular weight excluding hydrogens is 318 g/mol. The van der Waals surface area contributed by atoms with Crippen LogP contribution in [0.5, 0.6) is 0 Å². The SMILES string of the molecule is CC12CCC3C(CCC4COCCCC43C)C1CC=C2c1cccnc1. The minimum absolute atomic E-state index is 0.356. The molecule has 6 unspecified atom stereocenters. The molecule has 2 saturated carbocycles. The van der Waals surface area contributed by atoms with Gasteiger partial charge in [0.1, 0.15) is 0 Å². The maximum Gasteiger partial charge on any atom is 0.0499 e. The Morgan fingerprint density at radius 2 is 2.04 bits per heavy atom.